The molecule has 154 valence electrons. The van der Waals surface area contributed by atoms with Crippen molar-refractivity contribution >= 4 is 23.2 Å². The van der Waals surface area contributed by atoms with E-state index in [1.807, 2.05) is 63.2 Å². The predicted molar refractivity (Wildman–Crippen MR) is 120 cm³/mol. The number of carbonyl (C=O) groups excluding carboxylic acids is 2. The maximum atomic E-state index is 12.6. The Hall–Kier alpha value is -3.60. The first-order valence-electron chi connectivity index (χ1n) is 9.81. The Morgan fingerprint density at radius 3 is 2.07 bits per heavy atom. The monoisotopic (exact) mass is 402 g/mol. The van der Waals surface area contributed by atoms with Crippen molar-refractivity contribution in [2.45, 2.75) is 27.4 Å². The zero-order chi connectivity index (χ0) is 21.6. The van der Waals surface area contributed by atoms with Gasteiger partial charge in [0.25, 0.3) is 5.91 Å². The Morgan fingerprint density at radius 1 is 0.800 bits per heavy atom. The van der Waals surface area contributed by atoms with Crippen LogP contribution in [0.25, 0.3) is 0 Å². The second kappa shape index (κ2) is 9.27. The molecule has 0 spiro atoms. The van der Waals surface area contributed by atoms with Gasteiger partial charge in [-0.05, 0) is 48.0 Å². The summed E-state index contributed by atoms with van der Waals surface area (Å²) in [6, 6.07) is 24.0. The lowest BCUT2D eigenvalue weighted by Gasteiger charge is -2.18. The van der Waals surface area contributed by atoms with Gasteiger partial charge in [0.05, 0.1) is 0 Å². The number of ether oxygens (including phenoxy) is 1. The molecule has 5 nitrogen and oxygen atoms in total. The highest BCUT2D eigenvalue weighted by molar-refractivity contribution is 6.04. The minimum atomic E-state index is -0.495. The summed E-state index contributed by atoms with van der Waals surface area (Å²) >= 11 is 0. The summed E-state index contributed by atoms with van der Waals surface area (Å²) in [5.74, 6) is 0.502. The Bertz CT molecular complexity index is 1010. The Labute approximate surface area is 177 Å². The van der Waals surface area contributed by atoms with Gasteiger partial charge in [-0.1, -0.05) is 57.2 Å². The zero-order valence-electron chi connectivity index (χ0n) is 17.4. The van der Waals surface area contributed by atoms with Crippen LogP contribution in [0, 0.1) is 5.41 Å². The number of anilines is 2. The fourth-order valence-corrected chi connectivity index (χ4v) is 2.63. The van der Waals surface area contributed by atoms with Gasteiger partial charge in [-0.15, -0.1) is 0 Å². The average molecular weight is 402 g/mol. The van der Waals surface area contributed by atoms with Gasteiger partial charge in [0.1, 0.15) is 12.4 Å². The highest BCUT2D eigenvalue weighted by atomic mass is 16.5. The minimum absolute atomic E-state index is 0.0840. The van der Waals surface area contributed by atoms with Crippen LogP contribution in [0.4, 0.5) is 11.4 Å². The molecule has 0 aromatic heterocycles. The van der Waals surface area contributed by atoms with Crippen LogP contribution in [0.5, 0.6) is 5.75 Å². The molecule has 0 heterocycles. The number of nitrogens with one attached hydrogen (secondary N) is 2. The van der Waals surface area contributed by atoms with E-state index in [0.717, 1.165) is 11.3 Å². The molecule has 0 saturated carbocycles. The van der Waals surface area contributed by atoms with E-state index >= 15 is 0 Å². The molecule has 0 radical (unpaired) electrons. The number of hydrogen-bond acceptors (Lipinski definition) is 3. The van der Waals surface area contributed by atoms with E-state index < -0.39 is 5.41 Å². The third kappa shape index (κ3) is 5.95. The highest BCUT2D eigenvalue weighted by Crippen LogP contribution is 2.20. The van der Waals surface area contributed by atoms with Gasteiger partial charge in [0.15, 0.2) is 0 Å². The van der Waals surface area contributed by atoms with Crippen LogP contribution < -0.4 is 15.4 Å². The highest BCUT2D eigenvalue weighted by Gasteiger charge is 2.21. The van der Waals surface area contributed by atoms with E-state index in [9.17, 15) is 9.59 Å². The average Bonchev–Trinajstić information content (AvgIpc) is 2.73. The summed E-state index contributed by atoms with van der Waals surface area (Å²) in [6.07, 6.45) is 0. The summed E-state index contributed by atoms with van der Waals surface area (Å²) in [7, 11) is 0. The molecule has 0 atom stereocenters. The third-order valence-corrected chi connectivity index (χ3v) is 4.42. The first-order chi connectivity index (χ1) is 14.3. The molecule has 0 fully saturated rings. The number of rotatable bonds is 6. The molecular formula is C25H26N2O3. The standard InChI is InChI=1S/C25H26N2O3/c1-25(2,3)24(29)27-21-9-7-8-20(16-21)26-23(28)19-14-12-18(13-15-19)17-30-22-10-5-4-6-11-22/h4-16H,17H2,1-3H3,(H,26,28)(H,27,29). The topological polar surface area (TPSA) is 67.4 Å². The Balaban J connectivity index is 1.59. The lowest BCUT2D eigenvalue weighted by Crippen LogP contribution is -2.27. The van der Waals surface area contributed by atoms with Crippen molar-refractivity contribution in [1.82, 2.24) is 0 Å². The van der Waals surface area contributed by atoms with E-state index in [2.05, 4.69) is 10.6 Å². The first kappa shape index (κ1) is 21.1. The summed E-state index contributed by atoms with van der Waals surface area (Å²) in [6.45, 7) is 5.98. The van der Waals surface area contributed by atoms with Crippen molar-refractivity contribution in [2.24, 2.45) is 5.41 Å². The van der Waals surface area contributed by atoms with Crippen LogP contribution >= 0.6 is 0 Å². The molecule has 3 aromatic rings. The molecule has 0 aliphatic rings. The van der Waals surface area contributed by atoms with Crippen LogP contribution in [-0.2, 0) is 11.4 Å². The maximum absolute atomic E-state index is 12.6. The smallest absolute Gasteiger partial charge is 0.255 e. The third-order valence-electron chi connectivity index (χ3n) is 4.42. The second-order valence-electron chi connectivity index (χ2n) is 8.04. The van der Waals surface area contributed by atoms with Crippen molar-refractivity contribution < 1.29 is 14.3 Å². The van der Waals surface area contributed by atoms with Gasteiger partial charge in [-0.2, -0.15) is 0 Å². The van der Waals surface area contributed by atoms with Crippen molar-refractivity contribution in [1.29, 1.82) is 0 Å². The Morgan fingerprint density at radius 2 is 1.43 bits per heavy atom. The summed E-state index contributed by atoms with van der Waals surface area (Å²) < 4.78 is 5.72. The molecule has 0 unspecified atom stereocenters. The number of benzene rings is 3. The SMILES string of the molecule is CC(C)(C)C(=O)Nc1cccc(NC(=O)c2ccc(COc3ccccc3)cc2)c1. The molecule has 3 aromatic carbocycles. The van der Waals surface area contributed by atoms with E-state index in [4.69, 9.17) is 4.74 Å². The molecule has 5 heteroatoms. The van der Waals surface area contributed by atoms with Crippen molar-refractivity contribution in [3.8, 4) is 5.75 Å². The van der Waals surface area contributed by atoms with Gasteiger partial charge in [0, 0.05) is 22.4 Å². The summed E-state index contributed by atoms with van der Waals surface area (Å²) in [4.78, 5) is 24.7. The molecule has 30 heavy (non-hydrogen) atoms. The van der Waals surface area contributed by atoms with Gasteiger partial charge >= 0.3 is 0 Å². The second-order valence-corrected chi connectivity index (χ2v) is 8.04. The fraction of sp³-hybridized carbons (Fsp3) is 0.200. The van der Waals surface area contributed by atoms with Crippen LogP contribution in [0.2, 0.25) is 0 Å². The van der Waals surface area contributed by atoms with Crippen LogP contribution in [0.3, 0.4) is 0 Å². The summed E-state index contributed by atoms with van der Waals surface area (Å²) in [5.41, 5.74) is 2.28. The van der Waals surface area contributed by atoms with Crippen molar-refractivity contribution in [3.05, 3.63) is 90.0 Å². The first-order valence-corrected chi connectivity index (χ1v) is 9.81. The van der Waals surface area contributed by atoms with Crippen LogP contribution in [-0.4, -0.2) is 11.8 Å². The molecule has 2 N–H and O–H groups in total. The fourth-order valence-electron chi connectivity index (χ4n) is 2.63. The Kier molecular flexibility index (Phi) is 6.52. The quantitative estimate of drug-likeness (QED) is 0.572. The molecule has 0 aliphatic heterocycles. The molecule has 0 aliphatic carbocycles. The van der Waals surface area contributed by atoms with E-state index in [-0.39, 0.29) is 11.8 Å². The van der Waals surface area contributed by atoms with Gasteiger partial charge in [-0.25, -0.2) is 0 Å². The van der Waals surface area contributed by atoms with Gasteiger partial charge < -0.3 is 15.4 Å². The van der Waals surface area contributed by atoms with Crippen LogP contribution in [0.1, 0.15) is 36.7 Å². The number of para-hydroxylation sites is 1. The van der Waals surface area contributed by atoms with E-state index in [1.165, 1.54) is 0 Å². The largest absolute Gasteiger partial charge is 0.489 e. The van der Waals surface area contributed by atoms with Gasteiger partial charge in [0.2, 0.25) is 5.91 Å². The predicted octanol–water partition coefficient (Wildman–Crippen LogP) is 5.50. The summed E-state index contributed by atoms with van der Waals surface area (Å²) in [5, 5.41) is 5.73. The van der Waals surface area contributed by atoms with Crippen molar-refractivity contribution in [2.75, 3.05) is 10.6 Å². The number of amides is 2. The van der Waals surface area contributed by atoms with E-state index in [1.54, 1.807) is 36.4 Å². The molecule has 0 bridgehead atoms. The normalized spacial score (nSPS) is 10.9. The molecule has 2 amide bonds. The molecular weight excluding hydrogens is 376 g/mol. The molecule has 0 saturated heterocycles. The minimum Gasteiger partial charge on any atom is -0.489 e. The van der Waals surface area contributed by atoms with Gasteiger partial charge in [-0.3, -0.25) is 9.59 Å². The number of hydrogen-bond donors (Lipinski definition) is 2. The molecule has 3 rings (SSSR count). The van der Waals surface area contributed by atoms with E-state index in [0.29, 0.717) is 23.5 Å². The maximum Gasteiger partial charge on any atom is 0.255 e. The number of carbonyl (C=O) groups is 2. The van der Waals surface area contributed by atoms with Crippen molar-refractivity contribution in [3.63, 3.8) is 0 Å². The lowest BCUT2D eigenvalue weighted by atomic mass is 9.95. The lowest BCUT2D eigenvalue weighted by molar-refractivity contribution is -0.123. The zero-order valence-corrected chi connectivity index (χ0v) is 17.4. The van der Waals surface area contributed by atoms with Crippen LogP contribution in [0.15, 0.2) is 78.9 Å².